The molecule has 14 heteroatoms. The molecule has 4 aromatic carbocycles. The molecule has 4 N–H and O–H groups in total. The second kappa shape index (κ2) is 21.0. The minimum atomic E-state index is -1.33. The lowest BCUT2D eigenvalue weighted by atomic mass is 9.97. The van der Waals surface area contributed by atoms with E-state index >= 15 is 0 Å². The molecule has 5 aromatic rings. The molecule has 1 aliphatic heterocycles. The van der Waals surface area contributed by atoms with Crippen LogP contribution in [0.4, 0.5) is 5.69 Å². The molecule has 0 spiro atoms. The highest BCUT2D eigenvalue weighted by atomic mass is 16.6. The predicted molar refractivity (Wildman–Crippen MR) is 250 cm³/mol. The van der Waals surface area contributed by atoms with Crippen LogP contribution < -0.4 is 20.9 Å². The van der Waals surface area contributed by atoms with E-state index < -0.39 is 35.3 Å². The highest BCUT2D eigenvalue weighted by Gasteiger charge is 2.44. The van der Waals surface area contributed by atoms with Crippen LogP contribution in [-0.4, -0.2) is 83.6 Å². The highest BCUT2D eigenvalue weighted by molar-refractivity contribution is 6.24. The molecule has 1 aromatic heterocycles. The van der Waals surface area contributed by atoms with Crippen molar-refractivity contribution in [1.29, 1.82) is 0 Å². The quantitative estimate of drug-likeness (QED) is 0.0332. The van der Waals surface area contributed by atoms with Crippen LogP contribution in [0.5, 0.6) is 11.5 Å². The minimum absolute atomic E-state index is 0.0511. The number of aliphatic imine (C=N–C) groups is 1. The first-order chi connectivity index (χ1) is 31.8. The Morgan fingerprint density at radius 3 is 2.14 bits per heavy atom. The van der Waals surface area contributed by atoms with Crippen LogP contribution in [0.2, 0.25) is 0 Å². The Labute approximate surface area is 383 Å². The number of rotatable bonds is 20. The Morgan fingerprint density at radius 1 is 0.773 bits per heavy atom. The lowest BCUT2D eigenvalue weighted by Crippen LogP contribution is -2.48. The number of primary amides is 1. The number of nitrogens with two attached hydrogens (primary N) is 2. The molecule has 340 valence electrons. The predicted octanol–water partition coefficient (Wildman–Crippen LogP) is 7.93. The van der Waals surface area contributed by atoms with E-state index in [0.29, 0.717) is 44.8 Å². The number of hydrogen-bond donors (Lipinski definition) is 2. The van der Waals surface area contributed by atoms with Crippen LogP contribution in [0.25, 0.3) is 22.4 Å². The second-order valence-corrected chi connectivity index (χ2v) is 16.9. The summed E-state index contributed by atoms with van der Waals surface area (Å²) in [5, 5.41) is 0. The van der Waals surface area contributed by atoms with E-state index in [-0.39, 0.29) is 42.1 Å². The van der Waals surface area contributed by atoms with Gasteiger partial charge in [-0.15, -0.1) is 0 Å². The number of Topliss-reactive ketones (excluding diaryl/α,β-unsaturated/α-hetero) is 1. The Balaban J connectivity index is 0.840. The van der Waals surface area contributed by atoms with Crippen molar-refractivity contribution >= 4 is 52.6 Å². The van der Waals surface area contributed by atoms with E-state index in [9.17, 15) is 24.0 Å². The van der Waals surface area contributed by atoms with E-state index in [2.05, 4.69) is 4.98 Å². The number of hydrogen-bond acceptors (Lipinski definition) is 12. The van der Waals surface area contributed by atoms with Crippen molar-refractivity contribution in [2.24, 2.45) is 16.5 Å². The van der Waals surface area contributed by atoms with Gasteiger partial charge in [-0.3, -0.25) is 38.8 Å². The first-order valence-corrected chi connectivity index (χ1v) is 21.9. The summed E-state index contributed by atoms with van der Waals surface area (Å²) in [5.41, 5.74) is 19.4. The maximum atomic E-state index is 13.5. The molecular formula is C52H53N5O9. The van der Waals surface area contributed by atoms with E-state index in [1.807, 2.05) is 78.9 Å². The lowest BCUT2D eigenvalue weighted by molar-refractivity contribution is -0.155. The van der Waals surface area contributed by atoms with Crippen molar-refractivity contribution in [3.63, 3.8) is 0 Å². The topological polar surface area (TPSA) is 203 Å². The van der Waals surface area contributed by atoms with Gasteiger partial charge in [0.25, 0.3) is 11.8 Å². The van der Waals surface area contributed by atoms with Gasteiger partial charge in [-0.2, -0.15) is 0 Å². The molecule has 0 saturated carbocycles. The van der Waals surface area contributed by atoms with Crippen LogP contribution in [-0.2, 0) is 25.5 Å². The molecule has 7 rings (SSSR count). The summed E-state index contributed by atoms with van der Waals surface area (Å²) in [7, 11) is 0. The molecule has 2 aliphatic rings. The van der Waals surface area contributed by atoms with Crippen molar-refractivity contribution in [1.82, 2.24) is 9.88 Å². The first-order valence-electron chi connectivity index (χ1n) is 21.9. The number of carbonyl (C=O) groups is 5. The molecule has 0 saturated heterocycles. The molecule has 1 aliphatic carbocycles. The molecule has 1 atom stereocenters. The van der Waals surface area contributed by atoms with E-state index in [4.69, 9.17) is 35.4 Å². The summed E-state index contributed by atoms with van der Waals surface area (Å²) >= 11 is 0. The number of ketones is 1. The molecule has 0 bridgehead atoms. The maximum absolute atomic E-state index is 13.5. The number of allylic oxidation sites excluding steroid dienone is 1. The van der Waals surface area contributed by atoms with Gasteiger partial charge >= 0.3 is 5.97 Å². The Bertz CT molecular complexity index is 2650. The van der Waals surface area contributed by atoms with Gasteiger partial charge < -0.3 is 30.4 Å². The Morgan fingerprint density at radius 2 is 1.45 bits per heavy atom. The highest BCUT2D eigenvalue weighted by Crippen LogP contribution is 2.34. The summed E-state index contributed by atoms with van der Waals surface area (Å²) in [6.45, 7) is 6.69. The fraction of sp³-hybridized carbons (Fsp3) is 0.288. The number of pyridine rings is 1. The standard InChI is InChI=1S/C52H53N5O9/c1-52(2,3)66-46(59)22-20-43(49(54)60)57-50(61)41-7-4-8-45(47(41)51(57)62)65-30-6-28-63-27-5-29-64-39-17-11-34(12-18-39)33-9-15-38(16-10-33)56-32-42(48(53)35-23-25-55-26-24-35)37-13-19-40-36(31-37)14-21-44(40)58/h4,7-13,15-19,23-26,31-32,43H,5-6,14,20-22,27-30,53H2,1-3H3,(H2,54,60). The number of fused-ring (bicyclic) bond motifs is 2. The molecule has 0 radical (unpaired) electrons. The average Bonchev–Trinajstić information content (AvgIpc) is 3.80. The average molecular weight is 892 g/mol. The van der Waals surface area contributed by atoms with Crippen molar-refractivity contribution in [3.8, 4) is 22.6 Å². The van der Waals surface area contributed by atoms with Gasteiger partial charge in [0, 0.05) is 79.9 Å². The number of aryl methyl sites for hydroxylation is 1. The number of nitrogens with zero attached hydrogens (tertiary/aromatic N) is 3. The number of esters is 1. The third-order valence-corrected chi connectivity index (χ3v) is 11.0. The zero-order valence-corrected chi connectivity index (χ0v) is 37.3. The van der Waals surface area contributed by atoms with Crippen LogP contribution in [0.3, 0.4) is 0 Å². The van der Waals surface area contributed by atoms with Gasteiger partial charge in [-0.25, -0.2) is 0 Å². The molecular weight excluding hydrogens is 839 g/mol. The van der Waals surface area contributed by atoms with E-state index in [1.54, 1.807) is 51.5 Å². The van der Waals surface area contributed by atoms with Crippen molar-refractivity contribution in [2.45, 2.75) is 70.9 Å². The third kappa shape index (κ3) is 11.4. The largest absolute Gasteiger partial charge is 0.494 e. The van der Waals surface area contributed by atoms with Gasteiger partial charge in [0.05, 0.1) is 30.0 Å². The van der Waals surface area contributed by atoms with Gasteiger partial charge in [-0.1, -0.05) is 48.5 Å². The monoisotopic (exact) mass is 891 g/mol. The van der Waals surface area contributed by atoms with Crippen LogP contribution in [0.1, 0.15) is 101 Å². The molecule has 1 unspecified atom stereocenters. The number of aromatic nitrogens is 1. The first kappa shape index (κ1) is 46.5. The van der Waals surface area contributed by atoms with Gasteiger partial charge in [0.1, 0.15) is 23.1 Å². The summed E-state index contributed by atoms with van der Waals surface area (Å²) in [5.74, 6) is -1.74. The normalized spacial score (nSPS) is 14.2. The fourth-order valence-corrected chi connectivity index (χ4v) is 7.75. The molecule has 2 heterocycles. The number of ether oxygens (including phenoxy) is 4. The molecule has 66 heavy (non-hydrogen) atoms. The summed E-state index contributed by atoms with van der Waals surface area (Å²) in [6.07, 6.45) is 7.23. The number of imide groups is 1. The Kier molecular flexibility index (Phi) is 14.8. The van der Waals surface area contributed by atoms with E-state index in [1.165, 1.54) is 6.07 Å². The second-order valence-electron chi connectivity index (χ2n) is 16.9. The smallest absolute Gasteiger partial charge is 0.306 e. The zero-order valence-electron chi connectivity index (χ0n) is 37.3. The molecule has 3 amide bonds. The fourth-order valence-electron chi connectivity index (χ4n) is 7.75. The van der Waals surface area contributed by atoms with Gasteiger partial charge in [0.2, 0.25) is 5.91 Å². The van der Waals surface area contributed by atoms with E-state index in [0.717, 1.165) is 61.7 Å². The summed E-state index contributed by atoms with van der Waals surface area (Å²) < 4.78 is 22.9. The minimum Gasteiger partial charge on any atom is -0.494 e. The number of benzene rings is 4. The van der Waals surface area contributed by atoms with Crippen LogP contribution in [0, 0.1) is 0 Å². The summed E-state index contributed by atoms with van der Waals surface area (Å²) in [6, 6.07) is 28.7. The maximum Gasteiger partial charge on any atom is 0.306 e. The van der Waals surface area contributed by atoms with Crippen molar-refractivity contribution in [3.05, 3.63) is 143 Å². The molecule has 14 nitrogen and oxygen atoms in total. The van der Waals surface area contributed by atoms with Gasteiger partial charge in [0.15, 0.2) is 5.78 Å². The van der Waals surface area contributed by atoms with Gasteiger partial charge in [-0.05, 0) is 104 Å². The Hall–Kier alpha value is -7.45. The van der Waals surface area contributed by atoms with Crippen molar-refractivity contribution < 1.29 is 42.9 Å². The van der Waals surface area contributed by atoms with Crippen LogP contribution >= 0.6 is 0 Å². The summed E-state index contributed by atoms with van der Waals surface area (Å²) in [4.78, 5) is 73.4. The molecule has 0 fully saturated rings. The third-order valence-electron chi connectivity index (χ3n) is 11.0. The zero-order chi connectivity index (χ0) is 46.8. The van der Waals surface area contributed by atoms with Crippen LogP contribution in [0.15, 0.2) is 114 Å². The SMILES string of the molecule is CC(C)(C)OC(=O)CCC(C(N)=O)N1C(=O)c2cccc(OCCCOCCCOc3ccc(-c4ccc(N=CC(=C(N)c5ccncc5)c5ccc6c(c5)CCC6=O)cc4)cc3)c2C1=O. The number of amides is 3. The lowest BCUT2D eigenvalue weighted by Gasteiger charge is -2.24. The van der Waals surface area contributed by atoms with Crippen molar-refractivity contribution in [2.75, 3.05) is 26.4 Å². The number of carbonyl (C=O) groups excluding carboxylic acids is 5.